The van der Waals surface area contributed by atoms with E-state index in [9.17, 15) is 0 Å². The molecule has 0 bridgehead atoms. The van der Waals surface area contributed by atoms with Crippen LogP contribution in [-0.2, 0) is 6.54 Å². The lowest BCUT2D eigenvalue weighted by molar-refractivity contribution is 0.972. The van der Waals surface area contributed by atoms with Crippen LogP contribution in [0.15, 0.2) is 104 Å². The van der Waals surface area contributed by atoms with Gasteiger partial charge >= 0.3 is 0 Å². The Morgan fingerprint density at radius 2 is 1.06 bits per heavy atom. The molecule has 4 rings (SSSR count). The fraction of sp³-hybridized carbons (Fsp3) is 0.188. The van der Waals surface area contributed by atoms with Crippen LogP contribution < -0.4 is 15.1 Å². The van der Waals surface area contributed by atoms with Gasteiger partial charge in [-0.2, -0.15) is 0 Å². The van der Waals surface area contributed by atoms with Crippen LogP contribution in [0.2, 0.25) is 0 Å². The molecule has 0 radical (unpaired) electrons. The van der Waals surface area contributed by atoms with Crippen LogP contribution >= 0.6 is 0 Å². The zero-order valence-corrected chi connectivity index (χ0v) is 21.2. The summed E-state index contributed by atoms with van der Waals surface area (Å²) in [5.74, 6) is 0.169. The van der Waals surface area contributed by atoms with Crippen molar-refractivity contribution >= 4 is 23.1 Å². The van der Waals surface area contributed by atoms with Gasteiger partial charge in [-0.3, -0.25) is 0 Å². The molecular formula is C32H35N3. The summed E-state index contributed by atoms with van der Waals surface area (Å²) in [4.78, 5) is 4.27. The molecule has 35 heavy (non-hydrogen) atoms. The monoisotopic (exact) mass is 461 g/mol. The van der Waals surface area contributed by atoms with E-state index in [-0.39, 0.29) is 5.92 Å². The third-order valence-electron chi connectivity index (χ3n) is 6.44. The first-order valence-corrected chi connectivity index (χ1v) is 12.0. The number of nitrogens with zero attached hydrogens (tertiary/aromatic N) is 2. The lowest BCUT2D eigenvalue weighted by atomic mass is 9.85. The number of nitrogens with one attached hydrogen (secondary N) is 1. The Bertz CT molecular complexity index is 1170. The van der Waals surface area contributed by atoms with E-state index in [2.05, 4.69) is 147 Å². The molecule has 3 heteroatoms. The molecule has 0 fully saturated rings. The molecule has 0 heterocycles. The average Bonchev–Trinajstić information content (AvgIpc) is 2.89. The van der Waals surface area contributed by atoms with Gasteiger partial charge in [0, 0.05) is 57.7 Å². The molecule has 0 aromatic heterocycles. The van der Waals surface area contributed by atoms with Crippen molar-refractivity contribution in [3.05, 3.63) is 131 Å². The van der Waals surface area contributed by atoms with Crippen LogP contribution in [0.4, 0.5) is 17.1 Å². The van der Waals surface area contributed by atoms with E-state index in [1.54, 1.807) is 0 Å². The number of benzene rings is 4. The summed E-state index contributed by atoms with van der Waals surface area (Å²) in [5.41, 5.74) is 9.77. The molecule has 0 unspecified atom stereocenters. The first-order chi connectivity index (χ1) is 16.9. The molecule has 1 N–H and O–H groups in total. The Balaban J connectivity index is 1.59. The fourth-order valence-corrected chi connectivity index (χ4v) is 4.28. The molecule has 0 aliphatic rings. The highest BCUT2D eigenvalue weighted by atomic mass is 15.1. The zero-order valence-electron chi connectivity index (χ0n) is 21.2. The molecule has 0 saturated carbocycles. The summed E-state index contributed by atoms with van der Waals surface area (Å²) >= 11 is 0. The van der Waals surface area contributed by atoms with Gasteiger partial charge in [0.2, 0.25) is 0 Å². The first kappa shape index (κ1) is 24.2. The van der Waals surface area contributed by atoms with Crippen molar-refractivity contribution in [2.45, 2.75) is 12.5 Å². The SMILES string of the molecule is C=Cc1ccc(CNc2ccc(C(c3ccc(N(C)C)cc3)c3ccc(N(C)C)cc3)cc2)cc1. The molecule has 4 aromatic rings. The van der Waals surface area contributed by atoms with E-state index in [0.29, 0.717) is 0 Å². The Morgan fingerprint density at radius 3 is 1.46 bits per heavy atom. The standard InChI is InChI=1S/C32H35N3/c1-6-24-7-9-25(10-8-24)23-33-29-17-11-26(12-18-29)32(27-13-19-30(20-14-27)34(2)3)28-15-21-31(22-16-28)35(4)5/h6-22,32-33H,1,23H2,2-5H3. The maximum absolute atomic E-state index is 3.82. The third kappa shape index (κ3) is 5.93. The minimum absolute atomic E-state index is 0.169. The predicted molar refractivity (Wildman–Crippen MR) is 153 cm³/mol. The number of anilines is 3. The van der Waals surface area contributed by atoms with Crippen molar-refractivity contribution in [3.63, 3.8) is 0 Å². The maximum Gasteiger partial charge on any atom is 0.0400 e. The quantitative estimate of drug-likeness (QED) is 0.265. The average molecular weight is 462 g/mol. The van der Waals surface area contributed by atoms with Gasteiger partial charge < -0.3 is 15.1 Å². The summed E-state index contributed by atoms with van der Waals surface area (Å²) in [5, 5.41) is 3.55. The Kier molecular flexibility index (Phi) is 7.57. The molecular weight excluding hydrogens is 426 g/mol. The second-order valence-corrected chi connectivity index (χ2v) is 9.33. The van der Waals surface area contributed by atoms with E-state index in [1.165, 1.54) is 33.6 Å². The largest absolute Gasteiger partial charge is 0.381 e. The number of rotatable bonds is 9. The van der Waals surface area contributed by atoms with Gasteiger partial charge in [0.15, 0.2) is 0 Å². The topological polar surface area (TPSA) is 18.5 Å². The van der Waals surface area contributed by atoms with E-state index < -0.39 is 0 Å². The Morgan fingerprint density at radius 1 is 0.629 bits per heavy atom. The number of hydrogen-bond acceptors (Lipinski definition) is 3. The second-order valence-electron chi connectivity index (χ2n) is 9.33. The van der Waals surface area contributed by atoms with Crippen molar-refractivity contribution in [3.8, 4) is 0 Å². The summed E-state index contributed by atoms with van der Waals surface area (Å²) in [6.07, 6.45) is 1.87. The Hall–Kier alpha value is -3.98. The van der Waals surface area contributed by atoms with Gasteiger partial charge in [-0.25, -0.2) is 0 Å². The lowest BCUT2D eigenvalue weighted by Gasteiger charge is -2.22. The first-order valence-electron chi connectivity index (χ1n) is 12.0. The highest BCUT2D eigenvalue weighted by Gasteiger charge is 2.17. The lowest BCUT2D eigenvalue weighted by Crippen LogP contribution is -2.10. The summed E-state index contributed by atoms with van der Waals surface area (Å²) in [6.45, 7) is 4.61. The normalized spacial score (nSPS) is 10.8. The van der Waals surface area contributed by atoms with E-state index in [1.807, 2.05) is 6.08 Å². The highest BCUT2D eigenvalue weighted by molar-refractivity contribution is 5.55. The van der Waals surface area contributed by atoms with Crippen molar-refractivity contribution in [2.24, 2.45) is 0 Å². The van der Waals surface area contributed by atoms with Gasteiger partial charge in [-0.05, 0) is 64.2 Å². The molecule has 0 atom stereocenters. The van der Waals surface area contributed by atoms with Gasteiger partial charge in [-0.15, -0.1) is 0 Å². The Labute approximate surface area is 210 Å². The van der Waals surface area contributed by atoms with Crippen LogP contribution in [-0.4, -0.2) is 28.2 Å². The molecule has 0 aliphatic carbocycles. The molecule has 0 spiro atoms. The van der Waals surface area contributed by atoms with E-state index in [0.717, 1.165) is 17.8 Å². The van der Waals surface area contributed by atoms with E-state index in [4.69, 9.17) is 0 Å². The van der Waals surface area contributed by atoms with Gasteiger partial charge in [0.1, 0.15) is 0 Å². The summed E-state index contributed by atoms with van der Waals surface area (Å²) < 4.78 is 0. The molecule has 0 saturated heterocycles. The van der Waals surface area contributed by atoms with Crippen molar-refractivity contribution in [1.82, 2.24) is 0 Å². The smallest absolute Gasteiger partial charge is 0.0400 e. The fourth-order valence-electron chi connectivity index (χ4n) is 4.28. The molecule has 0 amide bonds. The highest BCUT2D eigenvalue weighted by Crippen LogP contribution is 2.34. The minimum Gasteiger partial charge on any atom is -0.381 e. The third-order valence-corrected chi connectivity index (χ3v) is 6.44. The summed E-state index contributed by atoms with van der Waals surface area (Å²) in [7, 11) is 8.30. The molecule has 3 nitrogen and oxygen atoms in total. The maximum atomic E-state index is 3.82. The second kappa shape index (κ2) is 11.0. The van der Waals surface area contributed by atoms with Crippen LogP contribution in [0, 0.1) is 0 Å². The van der Waals surface area contributed by atoms with Crippen LogP contribution in [0.3, 0.4) is 0 Å². The summed E-state index contributed by atoms with van der Waals surface area (Å²) in [6, 6.07) is 35.1. The minimum atomic E-state index is 0.169. The molecule has 0 aliphatic heterocycles. The molecule has 178 valence electrons. The van der Waals surface area contributed by atoms with E-state index >= 15 is 0 Å². The number of hydrogen-bond donors (Lipinski definition) is 1. The molecule has 4 aromatic carbocycles. The van der Waals surface area contributed by atoms with Crippen molar-refractivity contribution < 1.29 is 0 Å². The van der Waals surface area contributed by atoms with Crippen molar-refractivity contribution in [2.75, 3.05) is 43.3 Å². The zero-order chi connectivity index (χ0) is 24.8. The van der Waals surface area contributed by atoms with Crippen LogP contribution in [0.1, 0.15) is 33.7 Å². The van der Waals surface area contributed by atoms with Gasteiger partial charge in [-0.1, -0.05) is 73.3 Å². The van der Waals surface area contributed by atoms with Gasteiger partial charge in [0.25, 0.3) is 0 Å². The van der Waals surface area contributed by atoms with Crippen LogP contribution in [0.5, 0.6) is 0 Å². The van der Waals surface area contributed by atoms with Crippen LogP contribution in [0.25, 0.3) is 6.08 Å². The predicted octanol–water partition coefficient (Wildman–Crippen LogP) is 7.25. The van der Waals surface area contributed by atoms with Gasteiger partial charge in [0.05, 0.1) is 0 Å². The van der Waals surface area contributed by atoms with Crippen molar-refractivity contribution in [1.29, 1.82) is 0 Å².